The fourth-order valence-electron chi connectivity index (χ4n) is 1.62. The number of carbonyl (C=O) groups excluding carboxylic acids is 1. The highest BCUT2D eigenvalue weighted by atomic mass is 79.9. The summed E-state index contributed by atoms with van der Waals surface area (Å²) in [5.41, 5.74) is 1.86. The number of aromatic nitrogens is 3. The lowest BCUT2D eigenvalue weighted by Crippen LogP contribution is -2.21. The third kappa shape index (κ3) is 2.95. The Morgan fingerprint density at radius 2 is 2.28 bits per heavy atom. The van der Waals surface area contributed by atoms with Crippen LogP contribution in [0.5, 0.6) is 0 Å². The number of anilines is 1. The first-order chi connectivity index (χ1) is 8.56. The van der Waals surface area contributed by atoms with E-state index in [1.807, 2.05) is 26.0 Å². The fraction of sp³-hybridized carbons (Fsp3) is 0.250. The van der Waals surface area contributed by atoms with Gasteiger partial charge in [-0.05, 0) is 48.0 Å². The zero-order valence-electron chi connectivity index (χ0n) is 10.1. The number of carbonyl (C=O) groups is 1. The molecule has 0 spiro atoms. The molecule has 18 heavy (non-hydrogen) atoms. The summed E-state index contributed by atoms with van der Waals surface area (Å²) in [6.07, 6.45) is 1.63. The second-order valence-corrected chi connectivity index (χ2v) is 4.82. The van der Waals surface area contributed by atoms with E-state index in [0.29, 0.717) is 5.82 Å². The first-order valence-electron chi connectivity index (χ1n) is 5.47. The van der Waals surface area contributed by atoms with Crippen LogP contribution >= 0.6 is 15.9 Å². The third-order valence-electron chi connectivity index (χ3n) is 2.41. The number of hydrogen-bond acceptors (Lipinski definition) is 3. The van der Waals surface area contributed by atoms with Gasteiger partial charge in [0.15, 0.2) is 0 Å². The topological polar surface area (TPSA) is 59.8 Å². The normalized spacial score (nSPS) is 10.4. The van der Waals surface area contributed by atoms with E-state index >= 15 is 0 Å². The molecule has 0 aliphatic rings. The molecule has 0 unspecified atom stereocenters. The zero-order valence-corrected chi connectivity index (χ0v) is 11.7. The number of rotatable bonds is 3. The van der Waals surface area contributed by atoms with Gasteiger partial charge in [0.05, 0.1) is 10.2 Å². The molecule has 0 fully saturated rings. The minimum absolute atomic E-state index is 0.152. The van der Waals surface area contributed by atoms with Crippen molar-refractivity contribution in [3.63, 3.8) is 0 Å². The van der Waals surface area contributed by atoms with Crippen LogP contribution in [0.25, 0.3) is 0 Å². The number of nitrogens with zero attached hydrogens (tertiary/aromatic N) is 3. The Kier molecular flexibility index (Phi) is 3.76. The Balaban J connectivity index is 2.06. The molecule has 94 valence electrons. The van der Waals surface area contributed by atoms with Crippen molar-refractivity contribution >= 4 is 27.7 Å². The quantitative estimate of drug-likeness (QED) is 0.946. The van der Waals surface area contributed by atoms with Gasteiger partial charge in [0.2, 0.25) is 5.91 Å². The van der Waals surface area contributed by atoms with Crippen molar-refractivity contribution in [3.8, 4) is 0 Å². The van der Waals surface area contributed by atoms with Crippen molar-refractivity contribution < 1.29 is 4.79 Å². The van der Waals surface area contributed by atoms with E-state index in [1.165, 1.54) is 0 Å². The SMILES string of the molecule is Cc1cc(C)n(CC(=O)Nc2ncccc2Br)n1. The van der Waals surface area contributed by atoms with Gasteiger partial charge in [-0.2, -0.15) is 5.10 Å². The van der Waals surface area contributed by atoms with E-state index in [0.717, 1.165) is 15.9 Å². The standard InChI is InChI=1S/C12H13BrN4O/c1-8-6-9(2)17(16-8)7-11(18)15-12-10(13)4-3-5-14-12/h3-6H,7H2,1-2H3,(H,14,15,18). The predicted molar refractivity (Wildman–Crippen MR) is 72.3 cm³/mol. The van der Waals surface area contributed by atoms with Crippen LogP contribution in [0.4, 0.5) is 5.82 Å². The molecule has 0 saturated carbocycles. The lowest BCUT2D eigenvalue weighted by atomic mass is 10.4. The number of nitrogens with one attached hydrogen (secondary N) is 1. The van der Waals surface area contributed by atoms with E-state index in [4.69, 9.17) is 0 Å². The van der Waals surface area contributed by atoms with E-state index in [2.05, 4.69) is 31.3 Å². The van der Waals surface area contributed by atoms with E-state index < -0.39 is 0 Å². The lowest BCUT2D eigenvalue weighted by molar-refractivity contribution is -0.117. The number of hydrogen-bond donors (Lipinski definition) is 1. The number of halogens is 1. The zero-order chi connectivity index (χ0) is 13.1. The summed E-state index contributed by atoms with van der Waals surface area (Å²) >= 11 is 3.33. The summed E-state index contributed by atoms with van der Waals surface area (Å²) in [5.74, 6) is 0.365. The van der Waals surface area contributed by atoms with Gasteiger partial charge in [-0.3, -0.25) is 9.48 Å². The smallest absolute Gasteiger partial charge is 0.247 e. The maximum absolute atomic E-state index is 11.9. The fourth-order valence-corrected chi connectivity index (χ4v) is 1.97. The van der Waals surface area contributed by atoms with E-state index in [1.54, 1.807) is 16.9 Å². The predicted octanol–water partition coefficient (Wildman–Crippen LogP) is 2.30. The van der Waals surface area contributed by atoms with Crippen molar-refractivity contribution in [3.05, 3.63) is 40.3 Å². The first kappa shape index (κ1) is 12.8. The molecule has 0 atom stereocenters. The molecular formula is C12H13BrN4O. The van der Waals surface area contributed by atoms with Crippen LogP contribution in [-0.2, 0) is 11.3 Å². The van der Waals surface area contributed by atoms with Crippen LogP contribution < -0.4 is 5.32 Å². The average molecular weight is 309 g/mol. The molecule has 5 nitrogen and oxygen atoms in total. The van der Waals surface area contributed by atoms with Gasteiger partial charge in [-0.1, -0.05) is 0 Å². The summed E-state index contributed by atoms with van der Waals surface area (Å²) in [5, 5.41) is 6.98. The molecule has 1 amide bonds. The van der Waals surface area contributed by atoms with Gasteiger partial charge in [0, 0.05) is 11.9 Å². The van der Waals surface area contributed by atoms with E-state index in [-0.39, 0.29) is 12.5 Å². The first-order valence-corrected chi connectivity index (χ1v) is 6.27. The van der Waals surface area contributed by atoms with Crippen LogP contribution in [0.15, 0.2) is 28.9 Å². The molecule has 2 aromatic heterocycles. The maximum Gasteiger partial charge on any atom is 0.247 e. The Hall–Kier alpha value is -1.69. The number of amides is 1. The molecule has 0 bridgehead atoms. The summed E-state index contributed by atoms with van der Waals surface area (Å²) in [6, 6.07) is 5.55. The van der Waals surface area contributed by atoms with Gasteiger partial charge >= 0.3 is 0 Å². The minimum Gasteiger partial charge on any atom is -0.308 e. The molecule has 2 rings (SSSR count). The van der Waals surface area contributed by atoms with Gasteiger partial charge in [0.25, 0.3) is 0 Å². The summed E-state index contributed by atoms with van der Waals surface area (Å²) < 4.78 is 2.42. The Labute approximate surface area is 113 Å². The Bertz CT molecular complexity index is 579. The second kappa shape index (κ2) is 5.30. The molecular weight excluding hydrogens is 296 g/mol. The van der Waals surface area contributed by atoms with Crippen molar-refractivity contribution in [1.82, 2.24) is 14.8 Å². The van der Waals surface area contributed by atoms with Crippen LogP contribution in [0, 0.1) is 13.8 Å². The highest BCUT2D eigenvalue weighted by molar-refractivity contribution is 9.10. The molecule has 2 aromatic rings. The highest BCUT2D eigenvalue weighted by Gasteiger charge is 2.09. The molecule has 0 aliphatic heterocycles. The van der Waals surface area contributed by atoms with Crippen molar-refractivity contribution in [2.45, 2.75) is 20.4 Å². The third-order valence-corrected chi connectivity index (χ3v) is 3.05. The monoisotopic (exact) mass is 308 g/mol. The highest BCUT2D eigenvalue weighted by Crippen LogP contribution is 2.18. The molecule has 0 radical (unpaired) electrons. The minimum atomic E-state index is -0.152. The average Bonchev–Trinajstić information content (AvgIpc) is 2.61. The van der Waals surface area contributed by atoms with Crippen LogP contribution in [-0.4, -0.2) is 20.7 Å². The summed E-state index contributed by atoms with van der Waals surface area (Å²) in [4.78, 5) is 15.9. The Morgan fingerprint density at radius 3 is 2.89 bits per heavy atom. The summed E-state index contributed by atoms with van der Waals surface area (Å²) in [7, 11) is 0. The molecule has 1 N–H and O–H groups in total. The molecule has 6 heteroatoms. The lowest BCUT2D eigenvalue weighted by Gasteiger charge is -2.07. The van der Waals surface area contributed by atoms with Crippen molar-refractivity contribution in [1.29, 1.82) is 0 Å². The largest absolute Gasteiger partial charge is 0.308 e. The summed E-state index contributed by atoms with van der Waals surface area (Å²) in [6.45, 7) is 4.00. The van der Waals surface area contributed by atoms with E-state index in [9.17, 15) is 4.79 Å². The molecule has 0 saturated heterocycles. The molecule has 2 heterocycles. The molecule has 0 aliphatic carbocycles. The van der Waals surface area contributed by atoms with Crippen molar-refractivity contribution in [2.24, 2.45) is 0 Å². The Morgan fingerprint density at radius 1 is 1.50 bits per heavy atom. The van der Waals surface area contributed by atoms with Gasteiger partial charge in [-0.15, -0.1) is 0 Å². The van der Waals surface area contributed by atoms with Gasteiger partial charge in [0.1, 0.15) is 12.4 Å². The number of aryl methyl sites for hydroxylation is 2. The molecule has 0 aromatic carbocycles. The second-order valence-electron chi connectivity index (χ2n) is 3.97. The van der Waals surface area contributed by atoms with Crippen LogP contribution in [0.2, 0.25) is 0 Å². The van der Waals surface area contributed by atoms with Crippen molar-refractivity contribution in [2.75, 3.05) is 5.32 Å². The number of pyridine rings is 1. The van der Waals surface area contributed by atoms with Crippen LogP contribution in [0.1, 0.15) is 11.4 Å². The van der Waals surface area contributed by atoms with Crippen LogP contribution in [0.3, 0.4) is 0 Å². The van der Waals surface area contributed by atoms with Gasteiger partial charge < -0.3 is 5.32 Å². The van der Waals surface area contributed by atoms with Gasteiger partial charge in [-0.25, -0.2) is 4.98 Å². The maximum atomic E-state index is 11.9.